The second-order valence-corrected chi connectivity index (χ2v) is 7.17. The monoisotopic (exact) mass is 362 g/mol. The number of rotatable bonds is 5. The number of hydrogen-bond acceptors (Lipinski definition) is 6. The molecule has 1 N–H and O–H groups in total. The van der Waals surface area contributed by atoms with Crippen molar-refractivity contribution < 1.29 is 29.0 Å². The third kappa shape index (κ3) is 4.91. The molecule has 0 aromatic heterocycles. The van der Waals surface area contributed by atoms with Gasteiger partial charge in [-0.2, -0.15) is 0 Å². The van der Waals surface area contributed by atoms with E-state index in [1.54, 1.807) is 12.2 Å². The van der Waals surface area contributed by atoms with Gasteiger partial charge in [-0.1, -0.05) is 26.5 Å². The van der Waals surface area contributed by atoms with Gasteiger partial charge in [0.2, 0.25) is 0 Å². The molecule has 2 rings (SSSR count). The molecule has 1 fully saturated rings. The number of aliphatic hydroxyl groups is 1. The fraction of sp³-hybridized carbons (Fsp3) is 0.550. The molecule has 6 heteroatoms. The molecule has 2 aliphatic rings. The van der Waals surface area contributed by atoms with Gasteiger partial charge in [-0.05, 0) is 36.0 Å². The van der Waals surface area contributed by atoms with Gasteiger partial charge < -0.3 is 14.6 Å². The van der Waals surface area contributed by atoms with Crippen molar-refractivity contribution in [1.29, 1.82) is 0 Å². The lowest BCUT2D eigenvalue weighted by molar-refractivity contribution is -0.153. The lowest BCUT2D eigenvalue weighted by Crippen LogP contribution is -2.34. The highest BCUT2D eigenvalue weighted by Crippen LogP contribution is 2.36. The molecule has 26 heavy (non-hydrogen) atoms. The van der Waals surface area contributed by atoms with Crippen LogP contribution < -0.4 is 0 Å². The maximum atomic E-state index is 12.2. The van der Waals surface area contributed by atoms with Crippen molar-refractivity contribution in [2.45, 2.75) is 51.7 Å². The average molecular weight is 362 g/mol. The molecule has 1 heterocycles. The quantitative estimate of drug-likeness (QED) is 0.349. The van der Waals surface area contributed by atoms with Crippen molar-refractivity contribution in [3.8, 4) is 0 Å². The molecule has 0 spiro atoms. The minimum absolute atomic E-state index is 0.129. The van der Waals surface area contributed by atoms with Crippen LogP contribution in [0, 0.1) is 11.8 Å². The number of carbonyl (C=O) groups is 3. The summed E-state index contributed by atoms with van der Waals surface area (Å²) in [5.74, 6) is -1.38. The first-order valence-electron chi connectivity index (χ1n) is 8.89. The van der Waals surface area contributed by atoms with Crippen LogP contribution in [0.3, 0.4) is 0 Å². The zero-order valence-electron chi connectivity index (χ0n) is 15.3. The molecule has 1 saturated heterocycles. The van der Waals surface area contributed by atoms with Crippen molar-refractivity contribution >= 4 is 18.2 Å². The summed E-state index contributed by atoms with van der Waals surface area (Å²) in [6.45, 7) is 7.45. The molecule has 1 aliphatic carbocycles. The van der Waals surface area contributed by atoms with Crippen molar-refractivity contribution in [2.24, 2.45) is 11.8 Å². The minimum Gasteiger partial charge on any atom is -0.461 e. The van der Waals surface area contributed by atoms with E-state index in [0.29, 0.717) is 24.0 Å². The van der Waals surface area contributed by atoms with Crippen LogP contribution in [0.1, 0.15) is 39.5 Å². The fourth-order valence-electron chi connectivity index (χ4n) is 3.28. The summed E-state index contributed by atoms with van der Waals surface area (Å²) >= 11 is 0. The van der Waals surface area contributed by atoms with E-state index in [-0.39, 0.29) is 36.9 Å². The number of fused-ring (bicyclic) bond motifs is 1. The van der Waals surface area contributed by atoms with Gasteiger partial charge in [0, 0.05) is 18.4 Å². The van der Waals surface area contributed by atoms with Crippen molar-refractivity contribution in [3.05, 3.63) is 35.5 Å². The minimum atomic E-state index is -0.726. The van der Waals surface area contributed by atoms with E-state index in [9.17, 15) is 19.5 Å². The van der Waals surface area contributed by atoms with Crippen LogP contribution in [0.5, 0.6) is 0 Å². The largest absolute Gasteiger partial charge is 0.461 e. The third-order valence-electron chi connectivity index (χ3n) is 4.58. The van der Waals surface area contributed by atoms with Gasteiger partial charge in [0.25, 0.3) is 0 Å². The number of allylic oxidation sites excluding steroid dienone is 1. The molecule has 0 aromatic rings. The SMILES string of the molecule is C=C1C(=O)O[C@@H]2/C=C(\CO)CC/C=C(\C=O)C[C@@H](OC(=O)CC(C)C)[C@H]12. The van der Waals surface area contributed by atoms with Crippen molar-refractivity contribution in [1.82, 2.24) is 0 Å². The van der Waals surface area contributed by atoms with Crippen LogP contribution in [0.15, 0.2) is 35.5 Å². The molecule has 0 radical (unpaired) electrons. The van der Waals surface area contributed by atoms with Gasteiger partial charge in [-0.25, -0.2) is 4.79 Å². The first kappa shape index (κ1) is 20.1. The Labute approximate surface area is 153 Å². The zero-order chi connectivity index (χ0) is 19.3. The van der Waals surface area contributed by atoms with E-state index in [2.05, 4.69) is 6.58 Å². The maximum Gasteiger partial charge on any atom is 0.334 e. The Balaban J connectivity index is 2.38. The highest BCUT2D eigenvalue weighted by molar-refractivity contribution is 5.91. The Kier molecular flexibility index (Phi) is 6.91. The third-order valence-corrected chi connectivity index (χ3v) is 4.58. The summed E-state index contributed by atoms with van der Waals surface area (Å²) in [6.07, 6.45) is 4.40. The molecule has 6 nitrogen and oxygen atoms in total. The Morgan fingerprint density at radius 2 is 2.23 bits per heavy atom. The highest BCUT2D eigenvalue weighted by atomic mass is 16.6. The number of ether oxygens (including phenoxy) is 2. The van der Waals surface area contributed by atoms with Crippen molar-refractivity contribution in [3.63, 3.8) is 0 Å². The van der Waals surface area contributed by atoms with E-state index >= 15 is 0 Å². The summed E-state index contributed by atoms with van der Waals surface area (Å²) in [6, 6.07) is 0. The zero-order valence-corrected chi connectivity index (χ0v) is 15.3. The number of esters is 2. The highest BCUT2D eigenvalue weighted by Gasteiger charge is 2.44. The van der Waals surface area contributed by atoms with E-state index in [0.717, 1.165) is 6.29 Å². The Morgan fingerprint density at radius 1 is 1.50 bits per heavy atom. The molecular weight excluding hydrogens is 336 g/mol. The summed E-state index contributed by atoms with van der Waals surface area (Å²) in [4.78, 5) is 35.7. The lowest BCUT2D eigenvalue weighted by atomic mass is 9.85. The van der Waals surface area contributed by atoms with Crippen LogP contribution in [0.25, 0.3) is 0 Å². The lowest BCUT2D eigenvalue weighted by Gasteiger charge is -2.27. The van der Waals surface area contributed by atoms with E-state index < -0.39 is 24.1 Å². The predicted molar refractivity (Wildman–Crippen MR) is 95.0 cm³/mol. The van der Waals surface area contributed by atoms with E-state index in [1.807, 2.05) is 13.8 Å². The molecule has 0 saturated carbocycles. The van der Waals surface area contributed by atoms with Gasteiger partial charge >= 0.3 is 11.9 Å². The molecule has 0 unspecified atom stereocenters. The van der Waals surface area contributed by atoms with E-state index in [4.69, 9.17) is 9.47 Å². The molecule has 0 aromatic carbocycles. The number of carbonyl (C=O) groups excluding carboxylic acids is 3. The first-order valence-corrected chi connectivity index (χ1v) is 8.89. The van der Waals surface area contributed by atoms with Gasteiger partial charge in [-0.3, -0.25) is 9.59 Å². The van der Waals surface area contributed by atoms with Crippen LogP contribution in [-0.2, 0) is 23.9 Å². The predicted octanol–water partition coefficient (Wildman–Crippen LogP) is 2.27. The number of aldehydes is 1. The fourth-order valence-corrected chi connectivity index (χ4v) is 3.28. The van der Waals surface area contributed by atoms with Crippen LogP contribution in [0.4, 0.5) is 0 Å². The topological polar surface area (TPSA) is 89.9 Å². The number of aliphatic hydroxyl groups excluding tert-OH is 1. The second-order valence-electron chi connectivity index (χ2n) is 7.17. The van der Waals surface area contributed by atoms with Gasteiger partial charge in [0.05, 0.1) is 12.5 Å². The van der Waals surface area contributed by atoms with Gasteiger partial charge in [0.1, 0.15) is 18.5 Å². The molecule has 3 atom stereocenters. The van der Waals surface area contributed by atoms with Gasteiger partial charge in [-0.15, -0.1) is 0 Å². The smallest absolute Gasteiger partial charge is 0.334 e. The van der Waals surface area contributed by atoms with Crippen molar-refractivity contribution in [2.75, 3.05) is 6.61 Å². The Morgan fingerprint density at radius 3 is 2.85 bits per heavy atom. The molecule has 142 valence electrons. The first-order chi connectivity index (χ1) is 12.3. The molecule has 0 amide bonds. The molecule has 1 aliphatic heterocycles. The average Bonchev–Trinajstić information content (AvgIpc) is 2.85. The summed E-state index contributed by atoms with van der Waals surface area (Å²) in [5, 5.41) is 9.55. The summed E-state index contributed by atoms with van der Waals surface area (Å²) in [5.41, 5.74) is 1.42. The van der Waals surface area contributed by atoms with Gasteiger partial charge in [0.15, 0.2) is 0 Å². The Bertz CT molecular complexity index is 643. The van der Waals surface area contributed by atoms with Crippen LogP contribution in [0.2, 0.25) is 0 Å². The number of hydrogen-bond donors (Lipinski definition) is 1. The molecule has 0 bridgehead atoms. The van der Waals surface area contributed by atoms with Crippen LogP contribution >= 0.6 is 0 Å². The Hall–Kier alpha value is -2.21. The normalized spacial score (nSPS) is 30.5. The summed E-state index contributed by atoms with van der Waals surface area (Å²) < 4.78 is 11.0. The van der Waals surface area contributed by atoms with E-state index in [1.165, 1.54) is 0 Å². The second kappa shape index (κ2) is 8.94. The standard InChI is InChI=1S/C20H26O6/c1-12(2)7-18(23)25-16-8-14(10-21)5-4-6-15(11-22)9-17-19(16)13(3)20(24)26-17/h5,9-10,12,16-17,19,22H,3-4,6-8,11H2,1-2H3/b14-5-,15-9-/t16-,17-,19+/m1/s1. The molecular formula is C20H26O6. The van der Waals surface area contributed by atoms with Crippen LogP contribution in [-0.4, -0.2) is 42.1 Å². The maximum absolute atomic E-state index is 12.2. The summed E-state index contributed by atoms with van der Waals surface area (Å²) in [7, 11) is 0.